The zero-order valence-corrected chi connectivity index (χ0v) is 13.3. The van der Waals surface area contributed by atoms with Crippen LogP contribution in [0.4, 0.5) is 8.78 Å². The molecule has 9 heteroatoms. The fourth-order valence-corrected chi connectivity index (χ4v) is 2.25. The number of aliphatic hydroxyl groups is 1. The molecule has 0 saturated heterocycles. The van der Waals surface area contributed by atoms with Crippen molar-refractivity contribution < 1.29 is 13.9 Å². The maximum Gasteiger partial charge on any atom is 0.137 e. The number of aromatic nitrogens is 6. The van der Waals surface area contributed by atoms with Crippen LogP contribution in [0.3, 0.4) is 0 Å². The standard InChI is InChI=1S/C13H12F2N6O.C2H6/c14-10-1-2-11(12(15)3-10)13(22,4-20-8-16-6-18-20)5-21-9-17-7-19-21;1-2/h1-3,6-9,22H,4-5H2;1-2H3. The van der Waals surface area contributed by atoms with Gasteiger partial charge in [-0.15, -0.1) is 0 Å². The number of nitrogens with zero attached hydrogens (tertiary/aromatic N) is 6. The highest BCUT2D eigenvalue weighted by Crippen LogP contribution is 2.28. The molecule has 3 aromatic rings. The lowest BCUT2D eigenvalue weighted by Gasteiger charge is -2.28. The molecule has 2 heterocycles. The average Bonchev–Trinajstić information content (AvgIpc) is 3.23. The summed E-state index contributed by atoms with van der Waals surface area (Å²) in [5.74, 6) is -1.56. The predicted octanol–water partition coefficient (Wildman–Crippen LogP) is 1.76. The zero-order chi connectivity index (χ0) is 17.6. The molecule has 0 fully saturated rings. The van der Waals surface area contributed by atoms with Gasteiger partial charge >= 0.3 is 0 Å². The first-order valence-corrected chi connectivity index (χ1v) is 7.39. The van der Waals surface area contributed by atoms with E-state index in [1.54, 1.807) is 0 Å². The Balaban J connectivity index is 0.00000100. The highest BCUT2D eigenvalue weighted by molar-refractivity contribution is 5.25. The third kappa shape index (κ3) is 3.99. The van der Waals surface area contributed by atoms with E-state index in [2.05, 4.69) is 20.2 Å². The van der Waals surface area contributed by atoms with Crippen molar-refractivity contribution in [2.24, 2.45) is 0 Å². The molecule has 0 radical (unpaired) electrons. The summed E-state index contributed by atoms with van der Waals surface area (Å²) in [6.45, 7) is 3.85. The van der Waals surface area contributed by atoms with Crippen molar-refractivity contribution in [3.63, 3.8) is 0 Å². The Morgan fingerprint density at radius 2 is 1.54 bits per heavy atom. The van der Waals surface area contributed by atoms with Gasteiger partial charge in [-0.1, -0.05) is 19.9 Å². The molecule has 0 atom stereocenters. The van der Waals surface area contributed by atoms with Gasteiger partial charge in [0, 0.05) is 11.6 Å². The Morgan fingerprint density at radius 3 is 1.96 bits per heavy atom. The summed E-state index contributed by atoms with van der Waals surface area (Å²) in [5, 5.41) is 18.8. The van der Waals surface area contributed by atoms with E-state index < -0.39 is 17.2 Å². The van der Waals surface area contributed by atoms with Crippen LogP contribution in [0, 0.1) is 11.6 Å². The summed E-state index contributed by atoms with van der Waals surface area (Å²) in [5.41, 5.74) is -1.75. The molecular weight excluding hydrogens is 318 g/mol. The van der Waals surface area contributed by atoms with E-state index in [0.29, 0.717) is 0 Å². The Labute approximate surface area is 137 Å². The van der Waals surface area contributed by atoms with Crippen LogP contribution in [-0.4, -0.2) is 34.6 Å². The second-order valence-electron chi connectivity index (χ2n) is 4.84. The maximum absolute atomic E-state index is 14.1. The van der Waals surface area contributed by atoms with Gasteiger partial charge in [-0.3, -0.25) is 0 Å². The molecule has 0 aliphatic carbocycles. The third-order valence-electron chi connectivity index (χ3n) is 3.21. The van der Waals surface area contributed by atoms with Gasteiger partial charge in [0.05, 0.1) is 13.1 Å². The number of benzene rings is 1. The summed E-state index contributed by atoms with van der Waals surface area (Å²) in [4.78, 5) is 7.57. The molecule has 0 bridgehead atoms. The Bertz CT molecular complexity index is 709. The van der Waals surface area contributed by atoms with Gasteiger partial charge < -0.3 is 5.11 Å². The molecule has 2 aromatic heterocycles. The first-order valence-electron chi connectivity index (χ1n) is 7.39. The van der Waals surface area contributed by atoms with Crippen LogP contribution >= 0.6 is 0 Å². The summed E-state index contributed by atoms with van der Waals surface area (Å²) >= 11 is 0. The number of halogens is 2. The van der Waals surface area contributed by atoms with Crippen LogP contribution in [0.2, 0.25) is 0 Å². The van der Waals surface area contributed by atoms with Crippen molar-refractivity contribution >= 4 is 0 Å². The topological polar surface area (TPSA) is 81.6 Å². The van der Waals surface area contributed by atoms with Crippen LogP contribution in [0.1, 0.15) is 19.4 Å². The summed E-state index contributed by atoms with van der Waals surface area (Å²) in [7, 11) is 0. The Kier molecular flexibility index (Phi) is 5.69. The van der Waals surface area contributed by atoms with E-state index >= 15 is 0 Å². The largest absolute Gasteiger partial charge is 0.381 e. The molecule has 0 aliphatic rings. The lowest BCUT2D eigenvalue weighted by Crippen LogP contribution is -2.37. The lowest BCUT2D eigenvalue weighted by molar-refractivity contribution is -0.00855. The predicted molar refractivity (Wildman–Crippen MR) is 81.6 cm³/mol. The first-order chi connectivity index (χ1) is 11.6. The SMILES string of the molecule is CC.OC(Cn1cncn1)(Cn1cncn1)c1ccc(F)cc1F. The molecule has 0 spiro atoms. The minimum absolute atomic E-state index is 0.0556. The van der Waals surface area contributed by atoms with Gasteiger partial charge in [0.25, 0.3) is 0 Å². The summed E-state index contributed by atoms with van der Waals surface area (Å²) < 4.78 is 29.9. The first kappa shape index (κ1) is 17.7. The second-order valence-corrected chi connectivity index (χ2v) is 4.84. The van der Waals surface area contributed by atoms with Gasteiger partial charge in [0.15, 0.2) is 0 Å². The van der Waals surface area contributed by atoms with Crippen molar-refractivity contribution in [3.8, 4) is 0 Å². The van der Waals surface area contributed by atoms with E-state index in [1.807, 2.05) is 13.8 Å². The Hall–Kier alpha value is -2.68. The molecule has 24 heavy (non-hydrogen) atoms. The van der Waals surface area contributed by atoms with Crippen molar-refractivity contribution in [2.45, 2.75) is 32.5 Å². The molecule has 0 unspecified atom stereocenters. The van der Waals surface area contributed by atoms with Crippen molar-refractivity contribution in [3.05, 3.63) is 60.7 Å². The van der Waals surface area contributed by atoms with Crippen LogP contribution in [0.5, 0.6) is 0 Å². The van der Waals surface area contributed by atoms with Crippen LogP contribution in [0.25, 0.3) is 0 Å². The molecule has 1 aromatic carbocycles. The van der Waals surface area contributed by atoms with Crippen molar-refractivity contribution in [2.75, 3.05) is 0 Å². The molecule has 1 N–H and O–H groups in total. The second kappa shape index (κ2) is 7.73. The fraction of sp³-hybridized carbons (Fsp3) is 0.333. The van der Waals surface area contributed by atoms with Crippen molar-refractivity contribution in [1.29, 1.82) is 0 Å². The molecule has 3 rings (SSSR count). The number of rotatable bonds is 5. The smallest absolute Gasteiger partial charge is 0.137 e. The molecule has 0 amide bonds. The molecule has 0 saturated carbocycles. The third-order valence-corrected chi connectivity index (χ3v) is 3.21. The Morgan fingerprint density at radius 1 is 1.00 bits per heavy atom. The van der Waals surface area contributed by atoms with Gasteiger partial charge in [-0.25, -0.2) is 28.1 Å². The highest BCUT2D eigenvalue weighted by atomic mass is 19.1. The average molecular weight is 336 g/mol. The van der Waals surface area contributed by atoms with Crippen molar-refractivity contribution in [1.82, 2.24) is 29.5 Å². The number of hydrogen-bond acceptors (Lipinski definition) is 5. The van der Waals surface area contributed by atoms with Gasteiger partial charge in [-0.2, -0.15) is 10.2 Å². The normalized spacial score (nSPS) is 11.0. The van der Waals surface area contributed by atoms with E-state index in [-0.39, 0.29) is 18.7 Å². The molecule has 0 aliphatic heterocycles. The van der Waals surface area contributed by atoms with Crippen LogP contribution in [0.15, 0.2) is 43.5 Å². The van der Waals surface area contributed by atoms with E-state index in [9.17, 15) is 13.9 Å². The molecule has 7 nitrogen and oxygen atoms in total. The monoisotopic (exact) mass is 336 g/mol. The van der Waals surface area contributed by atoms with E-state index in [0.717, 1.165) is 12.1 Å². The summed E-state index contributed by atoms with van der Waals surface area (Å²) in [6, 6.07) is 3.02. The van der Waals surface area contributed by atoms with Gasteiger partial charge in [-0.05, 0) is 6.07 Å². The minimum atomic E-state index is -1.70. The fourth-order valence-electron chi connectivity index (χ4n) is 2.25. The highest BCUT2D eigenvalue weighted by Gasteiger charge is 2.34. The molecular formula is C15H18F2N6O. The lowest BCUT2D eigenvalue weighted by atomic mass is 9.93. The van der Waals surface area contributed by atoms with Gasteiger partial charge in [0.2, 0.25) is 0 Å². The van der Waals surface area contributed by atoms with Crippen LogP contribution < -0.4 is 0 Å². The maximum atomic E-state index is 14.1. The van der Waals surface area contributed by atoms with E-state index in [1.165, 1.54) is 40.7 Å². The molecule has 128 valence electrons. The summed E-state index contributed by atoms with van der Waals surface area (Å²) in [6.07, 6.45) is 5.40. The van der Waals surface area contributed by atoms with Gasteiger partial charge in [0.1, 0.15) is 42.5 Å². The van der Waals surface area contributed by atoms with Crippen LogP contribution in [-0.2, 0) is 18.7 Å². The van der Waals surface area contributed by atoms with E-state index in [4.69, 9.17) is 0 Å². The number of hydrogen-bond donors (Lipinski definition) is 1. The minimum Gasteiger partial charge on any atom is -0.381 e. The zero-order valence-electron chi connectivity index (χ0n) is 13.3. The quantitative estimate of drug-likeness (QED) is 0.768.